The summed E-state index contributed by atoms with van der Waals surface area (Å²) >= 11 is 0. The van der Waals surface area contributed by atoms with Gasteiger partial charge < -0.3 is 78.7 Å². The summed E-state index contributed by atoms with van der Waals surface area (Å²) in [6, 6.07) is 0. The molecule has 0 bridgehead atoms. The van der Waals surface area contributed by atoms with Crippen molar-refractivity contribution in [3.05, 3.63) is 23.3 Å². The fourth-order valence-corrected chi connectivity index (χ4v) is 12.3. The first-order valence-electron chi connectivity index (χ1n) is 21.4. The molecule has 0 aromatic carbocycles. The van der Waals surface area contributed by atoms with Gasteiger partial charge in [-0.3, -0.25) is 0 Å². The van der Waals surface area contributed by atoms with E-state index in [4.69, 9.17) is 37.9 Å². The number of ether oxygens (including phenoxy) is 8. The normalized spacial score (nSPS) is 52.5. The molecule has 3 saturated heterocycles. The molecule has 0 aromatic heterocycles. The molecule has 59 heavy (non-hydrogen) atoms. The van der Waals surface area contributed by atoms with E-state index in [0.717, 1.165) is 56.1 Å². The van der Waals surface area contributed by atoms with Gasteiger partial charge in [0.25, 0.3) is 0 Å². The molecule has 21 atom stereocenters. The predicted octanol–water partition coefficient (Wildman–Crippen LogP) is -0.292. The Labute approximate surface area is 344 Å². The highest BCUT2D eigenvalue weighted by atomic mass is 16.8. The number of rotatable bonds is 10. The summed E-state index contributed by atoms with van der Waals surface area (Å²) in [6.45, 7) is 5.53. The quantitative estimate of drug-likeness (QED) is 0.104. The van der Waals surface area contributed by atoms with E-state index in [1.54, 1.807) is 20.1 Å². The van der Waals surface area contributed by atoms with Gasteiger partial charge in [0.05, 0.1) is 37.1 Å². The summed E-state index contributed by atoms with van der Waals surface area (Å²) in [6.07, 6.45) is -6.76. The number of methoxy groups -OCH3 is 1. The van der Waals surface area contributed by atoms with Crippen LogP contribution in [0, 0.1) is 28.6 Å². The molecule has 17 nitrogen and oxygen atoms in total. The molecule has 0 unspecified atom stereocenters. The van der Waals surface area contributed by atoms with E-state index >= 15 is 0 Å². The summed E-state index contributed by atoms with van der Waals surface area (Å²) < 4.78 is 47.2. The average Bonchev–Trinajstić information content (AvgIpc) is 3.77. The van der Waals surface area contributed by atoms with Gasteiger partial charge in [0.2, 0.25) is 0 Å². The number of hydrogen-bond acceptors (Lipinski definition) is 17. The minimum Gasteiger partial charge on any atom is -0.458 e. The van der Waals surface area contributed by atoms with Crippen molar-refractivity contribution in [2.75, 3.05) is 26.9 Å². The zero-order valence-corrected chi connectivity index (χ0v) is 34.3. The lowest BCUT2D eigenvalue weighted by Crippen LogP contribution is -2.63. The summed E-state index contributed by atoms with van der Waals surface area (Å²) in [4.78, 5) is 11.9. The van der Waals surface area contributed by atoms with Crippen molar-refractivity contribution >= 4 is 5.97 Å². The molecule has 8 rings (SSSR count). The Bertz CT molecular complexity index is 1590. The highest BCUT2D eigenvalue weighted by Gasteiger charge is 2.66. The van der Waals surface area contributed by atoms with E-state index in [0.29, 0.717) is 24.7 Å². The molecule has 0 radical (unpaired) electrons. The first-order chi connectivity index (χ1) is 28.0. The van der Waals surface area contributed by atoms with Crippen LogP contribution in [0.3, 0.4) is 0 Å². The summed E-state index contributed by atoms with van der Waals surface area (Å²) in [5.74, 6) is 0.650. The van der Waals surface area contributed by atoms with Crippen LogP contribution in [0.4, 0.5) is 0 Å². The van der Waals surface area contributed by atoms with Crippen molar-refractivity contribution in [3.8, 4) is 0 Å². The standard InChI is InChI=1S/C42H64O17/c1-19-37(59-39-36(50)34(48)32(46)28(58-39)18-54-38-35(49)33(47)31(45)27(16-43)57-38)26(52-4)15-30(55-19)56-22-7-10-40(2)21(14-22)5-6-25-24(40)8-11-41(3)23(9-12-42(25,41)51)20-13-29(44)53-17-20/h9,13,19,21-22,24-28,30-39,43,45-51H,5-8,10-12,14-18H2,1-4H3/t19-,21-,22+,24+,25-,26+,27-,28-,30+,31-,32-,33+,34+,35-,36-,37-,38-,39+,40+,41-,42+/m1/s1. The summed E-state index contributed by atoms with van der Waals surface area (Å²) in [5.41, 5.74) is 0.766. The molecule has 0 aromatic rings. The van der Waals surface area contributed by atoms with Crippen LogP contribution < -0.4 is 0 Å². The van der Waals surface area contributed by atoms with E-state index in [2.05, 4.69) is 19.9 Å². The third kappa shape index (κ3) is 7.56. The molecule has 4 aliphatic carbocycles. The van der Waals surface area contributed by atoms with Crippen LogP contribution in [0.2, 0.25) is 0 Å². The van der Waals surface area contributed by atoms with Crippen LogP contribution in [-0.4, -0.2) is 171 Å². The lowest BCUT2D eigenvalue weighted by molar-refractivity contribution is -0.355. The van der Waals surface area contributed by atoms with Crippen molar-refractivity contribution in [2.24, 2.45) is 28.6 Å². The highest BCUT2D eigenvalue weighted by Crippen LogP contribution is 2.68. The molecule has 17 heteroatoms. The van der Waals surface area contributed by atoms with Gasteiger partial charge in [-0.15, -0.1) is 0 Å². The molecule has 3 saturated carbocycles. The summed E-state index contributed by atoms with van der Waals surface area (Å²) in [7, 11) is 1.54. The highest BCUT2D eigenvalue weighted by molar-refractivity contribution is 5.86. The number of carbonyl (C=O) groups excluding carboxylic acids is 1. The van der Waals surface area contributed by atoms with Gasteiger partial charge in [-0.25, -0.2) is 4.79 Å². The maximum Gasteiger partial charge on any atom is 0.331 e. The fraction of sp³-hybridized carbons (Fsp3) is 0.881. The minimum absolute atomic E-state index is 0.0371. The van der Waals surface area contributed by atoms with Crippen LogP contribution in [0.5, 0.6) is 0 Å². The van der Waals surface area contributed by atoms with Crippen LogP contribution >= 0.6 is 0 Å². The lowest BCUT2D eigenvalue weighted by Gasteiger charge is -2.63. The predicted molar refractivity (Wildman–Crippen MR) is 202 cm³/mol. The Balaban J connectivity index is 0.857. The topological polar surface area (TPSA) is 253 Å². The minimum atomic E-state index is -1.70. The Morgan fingerprint density at radius 2 is 1.53 bits per heavy atom. The SMILES string of the molecule is CO[C@H]1C[C@H](O[C@H]2CC[C@@]3(C)[C@H](CC[C@@H]4[C@@H]3CC[C@]3(C)C(C5=CC(=O)OC5)=CC[C@]43O)C2)O[C@H](C)[C@H]1O[C@@H]1O[C@H](CO[C@@H]2O[C@H](CO)[C@@H](O)[C@H](O)[C@H]2O)[C@@H](O)[C@H](O)[C@H]1O. The zero-order valence-electron chi connectivity index (χ0n) is 34.3. The number of aliphatic hydroxyl groups excluding tert-OH is 7. The average molecular weight is 841 g/mol. The van der Waals surface area contributed by atoms with E-state index in [1.807, 2.05) is 0 Å². The van der Waals surface area contributed by atoms with E-state index < -0.39 is 110 Å². The Kier molecular flexibility index (Phi) is 12.5. The number of cyclic esters (lactones) is 1. The van der Waals surface area contributed by atoms with E-state index in [1.165, 1.54) is 0 Å². The van der Waals surface area contributed by atoms with Gasteiger partial charge in [-0.05, 0) is 87.0 Å². The van der Waals surface area contributed by atoms with Crippen molar-refractivity contribution in [1.82, 2.24) is 0 Å². The number of esters is 1. The van der Waals surface area contributed by atoms with Crippen LogP contribution in [0.1, 0.15) is 78.6 Å². The number of hydrogen-bond donors (Lipinski definition) is 8. The first kappa shape index (κ1) is 44.0. The molecule has 6 fully saturated rings. The number of carbonyl (C=O) groups is 1. The zero-order chi connectivity index (χ0) is 42.2. The smallest absolute Gasteiger partial charge is 0.331 e. The van der Waals surface area contributed by atoms with E-state index in [9.17, 15) is 45.6 Å². The molecule has 8 aliphatic rings. The Morgan fingerprint density at radius 1 is 0.814 bits per heavy atom. The van der Waals surface area contributed by atoms with Crippen LogP contribution in [0.25, 0.3) is 0 Å². The third-order valence-electron chi connectivity index (χ3n) is 15.9. The molecule has 334 valence electrons. The van der Waals surface area contributed by atoms with Crippen LogP contribution in [0.15, 0.2) is 23.3 Å². The largest absolute Gasteiger partial charge is 0.458 e. The van der Waals surface area contributed by atoms with Crippen LogP contribution in [-0.2, 0) is 42.7 Å². The molecular weight excluding hydrogens is 776 g/mol. The third-order valence-corrected chi connectivity index (χ3v) is 15.9. The second-order valence-corrected chi connectivity index (χ2v) is 18.8. The molecule has 0 spiro atoms. The molecule has 0 amide bonds. The van der Waals surface area contributed by atoms with Gasteiger partial charge in [-0.1, -0.05) is 19.9 Å². The molecule has 4 heterocycles. The van der Waals surface area contributed by atoms with E-state index in [-0.39, 0.29) is 30.0 Å². The van der Waals surface area contributed by atoms with Crippen molar-refractivity contribution < 1.29 is 83.5 Å². The van der Waals surface area contributed by atoms with Gasteiger partial charge in [0.1, 0.15) is 61.5 Å². The van der Waals surface area contributed by atoms with Gasteiger partial charge in [0.15, 0.2) is 18.9 Å². The summed E-state index contributed by atoms with van der Waals surface area (Å²) in [5, 5.41) is 84.9. The molecule has 8 N–H and O–H groups in total. The fourth-order valence-electron chi connectivity index (χ4n) is 12.3. The molecule has 4 aliphatic heterocycles. The lowest BCUT2D eigenvalue weighted by atomic mass is 9.43. The number of aliphatic hydroxyl groups is 8. The second kappa shape index (κ2) is 16.8. The Morgan fingerprint density at radius 3 is 2.22 bits per heavy atom. The van der Waals surface area contributed by atoms with Crippen molar-refractivity contribution in [3.63, 3.8) is 0 Å². The molecular formula is C42H64O17. The van der Waals surface area contributed by atoms with Gasteiger partial charge >= 0.3 is 5.97 Å². The second-order valence-electron chi connectivity index (χ2n) is 18.8. The Hall–Kier alpha value is -1.65. The first-order valence-corrected chi connectivity index (χ1v) is 21.4. The van der Waals surface area contributed by atoms with Gasteiger partial charge in [0, 0.05) is 30.6 Å². The van der Waals surface area contributed by atoms with Crippen molar-refractivity contribution in [2.45, 2.75) is 176 Å². The van der Waals surface area contributed by atoms with Gasteiger partial charge in [-0.2, -0.15) is 0 Å². The number of fused-ring (bicyclic) bond motifs is 5. The van der Waals surface area contributed by atoms with Crippen molar-refractivity contribution in [1.29, 1.82) is 0 Å². The maximum atomic E-state index is 12.5. The maximum absolute atomic E-state index is 12.5. The monoisotopic (exact) mass is 840 g/mol.